The van der Waals surface area contributed by atoms with Crippen molar-refractivity contribution in [3.05, 3.63) is 35.5 Å². The van der Waals surface area contributed by atoms with Crippen molar-refractivity contribution < 1.29 is 33.4 Å². The summed E-state index contributed by atoms with van der Waals surface area (Å²) in [4.78, 5) is 54.2. The third-order valence-corrected chi connectivity index (χ3v) is 5.60. The Morgan fingerprint density at radius 1 is 0.974 bits per heavy atom. The van der Waals surface area contributed by atoms with Crippen LogP contribution in [-0.2, 0) is 33.4 Å². The van der Waals surface area contributed by atoms with Crippen molar-refractivity contribution >= 4 is 52.0 Å². The van der Waals surface area contributed by atoms with Crippen molar-refractivity contribution in [2.24, 2.45) is 0 Å². The normalized spacial score (nSPS) is 10.9. The third kappa shape index (κ3) is 11.4. The van der Waals surface area contributed by atoms with Gasteiger partial charge in [-0.15, -0.1) is 0 Å². The second-order valence-electron chi connectivity index (χ2n) is 8.30. The van der Waals surface area contributed by atoms with Crippen molar-refractivity contribution in [1.82, 2.24) is 20.5 Å². The number of hydrogen-bond acceptors (Lipinski definition) is 11. The summed E-state index contributed by atoms with van der Waals surface area (Å²) in [5, 5.41) is 10.5. The summed E-state index contributed by atoms with van der Waals surface area (Å²) in [5.74, 6) is -2.15. The second-order valence-corrected chi connectivity index (χ2v) is 8.74. The van der Waals surface area contributed by atoms with Crippen LogP contribution in [0.15, 0.2) is 30.5 Å². The minimum absolute atomic E-state index is 0.0170. The third-order valence-electron chi connectivity index (χ3n) is 5.37. The van der Waals surface area contributed by atoms with E-state index in [4.69, 9.17) is 25.8 Å². The van der Waals surface area contributed by atoms with Crippen LogP contribution in [0.1, 0.15) is 20.8 Å². The Bertz CT molecular complexity index is 1100. The fraction of sp³-hybridized carbons (Fsp3) is 0.500. The van der Waals surface area contributed by atoms with Crippen LogP contribution in [-0.4, -0.2) is 98.8 Å². The van der Waals surface area contributed by atoms with Gasteiger partial charge in [0.1, 0.15) is 6.61 Å². The van der Waals surface area contributed by atoms with Gasteiger partial charge in [-0.25, -0.2) is 9.59 Å². The molecule has 0 bridgehead atoms. The molecule has 3 N–H and O–H groups in total. The fourth-order valence-electron chi connectivity index (χ4n) is 3.60. The molecule has 13 heteroatoms. The molecule has 214 valence electrons. The number of aromatic nitrogens is 1. The molecule has 1 aromatic carbocycles. The number of carbonyl (C=O) groups excluding carboxylic acids is 4. The van der Waals surface area contributed by atoms with Gasteiger partial charge in [-0.1, -0.05) is 11.6 Å². The Labute approximate surface area is 232 Å². The lowest BCUT2D eigenvalue weighted by Gasteiger charge is -2.23. The highest BCUT2D eigenvalue weighted by Crippen LogP contribution is 2.24. The highest BCUT2D eigenvalue weighted by molar-refractivity contribution is 6.31. The number of rotatable bonds is 17. The Kier molecular flexibility index (Phi) is 14.0. The number of nitrogens with zero attached hydrogens (tertiary/aromatic N) is 2. The number of halogens is 1. The average Bonchev–Trinajstić information content (AvgIpc) is 2.88. The predicted octanol–water partition coefficient (Wildman–Crippen LogP) is 1.37. The molecule has 0 aliphatic rings. The first-order chi connectivity index (χ1) is 18.7. The van der Waals surface area contributed by atoms with Gasteiger partial charge in [0.2, 0.25) is 11.9 Å². The summed E-state index contributed by atoms with van der Waals surface area (Å²) < 4.78 is 14.9. The molecular weight excluding hydrogens is 530 g/mol. The monoisotopic (exact) mass is 565 g/mol. The van der Waals surface area contributed by atoms with E-state index in [1.54, 1.807) is 37.1 Å². The minimum atomic E-state index is -1.28. The molecule has 0 saturated carbocycles. The fourth-order valence-corrected chi connectivity index (χ4v) is 3.77. The number of amides is 1. The number of benzene rings is 1. The van der Waals surface area contributed by atoms with E-state index in [-0.39, 0.29) is 51.9 Å². The van der Waals surface area contributed by atoms with Gasteiger partial charge in [-0.2, -0.15) is 0 Å². The molecule has 0 saturated heterocycles. The lowest BCUT2D eigenvalue weighted by molar-refractivity contribution is -0.158. The van der Waals surface area contributed by atoms with E-state index in [0.29, 0.717) is 18.1 Å². The van der Waals surface area contributed by atoms with Crippen LogP contribution in [0.3, 0.4) is 0 Å². The Hall–Kier alpha value is -3.48. The molecule has 0 fully saturated rings. The molecule has 39 heavy (non-hydrogen) atoms. The van der Waals surface area contributed by atoms with Gasteiger partial charge in [-0.05, 0) is 38.1 Å². The van der Waals surface area contributed by atoms with E-state index in [1.807, 2.05) is 12.1 Å². The van der Waals surface area contributed by atoms with Crippen LogP contribution in [0, 0.1) is 0 Å². The van der Waals surface area contributed by atoms with Crippen molar-refractivity contribution in [2.45, 2.75) is 26.8 Å². The van der Waals surface area contributed by atoms with Crippen molar-refractivity contribution in [1.29, 1.82) is 0 Å². The molecule has 0 atom stereocenters. The van der Waals surface area contributed by atoms with E-state index < -0.39 is 23.9 Å². The van der Waals surface area contributed by atoms with Gasteiger partial charge in [0.05, 0.1) is 25.3 Å². The predicted molar refractivity (Wildman–Crippen MR) is 146 cm³/mol. The number of carbonyl (C=O) groups is 4. The number of esters is 3. The zero-order chi connectivity index (χ0) is 28.6. The van der Waals surface area contributed by atoms with E-state index >= 15 is 0 Å². The summed E-state index contributed by atoms with van der Waals surface area (Å²) in [7, 11) is 0. The van der Waals surface area contributed by atoms with Gasteiger partial charge in [0, 0.05) is 61.9 Å². The molecule has 0 aliphatic carbocycles. The van der Waals surface area contributed by atoms with E-state index in [0.717, 1.165) is 16.6 Å². The molecular formula is C26H36ClN5O7. The maximum atomic E-state index is 12.6. The summed E-state index contributed by atoms with van der Waals surface area (Å²) in [6, 6.07) is 6.03. The largest absolute Gasteiger partial charge is 0.465 e. The van der Waals surface area contributed by atoms with Gasteiger partial charge in [0.25, 0.3) is 0 Å². The summed E-state index contributed by atoms with van der Waals surface area (Å²) in [6.07, 6.45) is 1.68. The Morgan fingerprint density at radius 2 is 1.69 bits per heavy atom. The molecule has 0 spiro atoms. The quantitative estimate of drug-likeness (QED) is 0.110. The van der Waals surface area contributed by atoms with Crippen LogP contribution in [0.5, 0.6) is 0 Å². The van der Waals surface area contributed by atoms with Gasteiger partial charge in [0.15, 0.2) is 0 Å². The first-order valence-corrected chi connectivity index (χ1v) is 13.1. The number of ether oxygens (including phenoxy) is 3. The zero-order valence-corrected chi connectivity index (χ0v) is 23.2. The van der Waals surface area contributed by atoms with E-state index in [9.17, 15) is 19.2 Å². The molecule has 12 nitrogen and oxygen atoms in total. The van der Waals surface area contributed by atoms with Crippen LogP contribution in [0.25, 0.3) is 10.9 Å². The SMILES string of the molecule is CCOC(=O)C(NCCN(CCOC(C)=O)CC(=O)NCCNc1ccnc2cc(Cl)ccc12)C(=O)OCC. The van der Waals surface area contributed by atoms with E-state index in [1.165, 1.54) is 6.92 Å². The minimum Gasteiger partial charge on any atom is -0.465 e. The number of fused-ring (bicyclic) bond motifs is 1. The standard InChI is InChI=1S/C26H36ClN5O7/c1-4-37-25(35)24(26(36)38-5-2)31-12-13-32(14-15-39-18(3)33)17-23(34)30-11-10-29-21-8-9-28-22-16-19(27)6-7-20(21)22/h6-9,16,24,31H,4-5,10-15,17H2,1-3H3,(H,28,29)(H,30,34). The highest BCUT2D eigenvalue weighted by Gasteiger charge is 2.29. The molecule has 2 rings (SSSR count). The summed E-state index contributed by atoms with van der Waals surface area (Å²) in [5.41, 5.74) is 1.64. The lowest BCUT2D eigenvalue weighted by atomic mass is 10.2. The Balaban J connectivity index is 1.87. The maximum Gasteiger partial charge on any atom is 0.334 e. The number of hydrogen-bond donors (Lipinski definition) is 3. The zero-order valence-electron chi connectivity index (χ0n) is 22.5. The first-order valence-electron chi connectivity index (χ1n) is 12.7. The summed E-state index contributed by atoms with van der Waals surface area (Å²) in [6.45, 7) is 6.49. The van der Waals surface area contributed by atoms with Gasteiger partial charge < -0.3 is 24.8 Å². The first kappa shape index (κ1) is 31.7. The van der Waals surface area contributed by atoms with Crippen LogP contribution in [0.2, 0.25) is 5.02 Å². The summed E-state index contributed by atoms with van der Waals surface area (Å²) >= 11 is 6.04. The van der Waals surface area contributed by atoms with Crippen molar-refractivity contribution in [2.75, 3.05) is 64.4 Å². The number of anilines is 1. The molecule has 1 amide bonds. The number of nitrogens with one attached hydrogen (secondary N) is 3. The average molecular weight is 566 g/mol. The molecule has 0 unspecified atom stereocenters. The Morgan fingerprint density at radius 3 is 2.36 bits per heavy atom. The molecule has 1 aromatic heterocycles. The topological polar surface area (TPSA) is 148 Å². The smallest absolute Gasteiger partial charge is 0.334 e. The van der Waals surface area contributed by atoms with Crippen LogP contribution < -0.4 is 16.0 Å². The highest BCUT2D eigenvalue weighted by atomic mass is 35.5. The number of pyridine rings is 1. The van der Waals surface area contributed by atoms with Crippen molar-refractivity contribution in [3.8, 4) is 0 Å². The molecule has 0 aliphatic heterocycles. The molecule has 2 aromatic rings. The van der Waals surface area contributed by atoms with Gasteiger partial charge >= 0.3 is 17.9 Å². The van der Waals surface area contributed by atoms with Gasteiger partial charge in [-0.3, -0.25) is 24.8 Å². The van der Waals surface area contributed by atoms with E-state index in [2.05, 4.69) is 20.9 Å². The van der Waals surface area contributed by atoms with Crippen LogP contribution >= 0.6 is 11.6 Å². The maximum absolute atomic E-state index is 12.6. The lowest BCUT2D eigenvalue weighted by Crippen LogP contribution is -2.49. The van der Waals surface area contributed by atoms with Crippen molar-refractivity contribution in [3.63, 3.8) is 0 Å². The second kappa shape index (κ2) is 17.2. The molecule has 0 radical (unpaired) electrons. The van der Waals surface area contributed by atoms with Crippen LogP contribution in [0.4, 0.5) is 5.69 Å². The molecule has 1 heterocycles.